The lowest BCUT2D eigenvalue weighted by Crippen LogP contribution is -2.31. The molecule has 2 aromatic rings. The Labute approximate surface area is 119 Å². The molecule has 0 radical (unpaired) electrons. The van der Waals surface area contributed by atoms with Crippen molar-refractivity contribution < 1.29 is 4.42 Å². The number of pyridine rings is 1. The van der Waals surface area contributed by atoms with E-state index in [-0.39, 0.29) is 0 Å². The van der Waals surface area contributed by atoms with Crippen molar-refractivity contribution in [3.8, 4) is 0 Å². The third-order valence-corrected chi connectivity index (χ3v) is 3.48. The quantitative estimate of drug-likeness (QED) is 0.843. The van der Waals surface area contributed by atoms with Gasteiger partial charge in [-0.15, -0.1) is 0 Å². The molecule has 0 fully saturated rings. The summed E-state index contributed by atoms with van der Waals surface area (Å²) in [4.78, 5) is 4.02. The lowest BCUT2D eigenvalue weighted by Gasteiger charge is -2.18. The normalized spacial score (nSPS) is 12.5. The summed E-state index contributed by atoms with van der Waals surface area (Å²) in [5.74, 6) is 1.03. The minimum absolute atomic E-state index is 0.398. The summed E-state index contributed by atoms with van der Waals surface area (Å²) in [5, 5.41) is 4.24. The van der Waals surface area contributed by atoms with Gasteiger partial charge in [0.15, 0.2) is 0 Å². The third-order valence-electron chi connectivity index (χ3n) is 3.13. The van der Waals surface area contributed by atoms with Crippen LogP contribution in [-0.4, -0.2) is 17.6 Å². The summed E-state index contributed by atoms with van der Waals surface area (Å²) in [6, 6.07) is 6.33. The highest BCUT2D eigenvalue weighted by Crippen LogP contribution is 2.17. The van der Waals surface area contributed by atoms with Crippen molar-refractivity contribution in [1.82, 2.24) is 10.3 Å². The number of hydrogen-bond donors (Lipinski definition) is 1. The van der Waals surface area contributed by atoms with Crippen molar-refractivity contribution in [3.63, 3.8) is 0 Å². The minimum atomic E-state index is 0.398. The zero-order chi connectivity index (χ0) is 13.5. The molecule has 1 atom stereocenters. The lowest BCUT2D eigenvalue weighted by atomic mass is 10.0. The molecule has 2 rings (SSSR count). The maximum Gasteiger partial charge on any atom is 0.103 e. The number of halogens is 1. The molecular formula is C15H19ClN2O. The molecule has 19 heavy (non-hydrogen) atoms. The highest BCUT2D eigenvalue weighted by atomic mass is 35.5. The maximum absolute atomic E-state index is 6.16. The van der Waals surface area contributed by atoms with E-state index < -0.39 is 0 Å². The number of aromatic nitrogens is 1. The Bertz CT molecular complexity index is 485. The van der Waals surface area contributed by atoms with Crippen LogP contribution in [0.15, 0.2) is 41.3 Å². The molecule has 0 bridgehead atoms. The Balaban J connectivity index is 1.94. The second kappa shape index (κ2) is 7.31. The second-order valence-corrected chi connectivity index (χ2v) is 4.95. The van der Waals surface area contributed by atoms with Gasteiger partial charge in [-0.1, -0.05) is 18.5 Å². The molecule has 0 spiro atoms. The van der Waals surface area contributed by atoms with Crippen LogP contribution < -0.4 is 5.32 Å². The second-order valence-electron chi connectivity index (χ2n) is 4.54. The highest BCUT2D eigenvalue weighted by Gasteiger charge is 2.11. The van der Waals surface area contributed by atoms with E-state index in [1.54, 1.807) is 18.7 Å². The van der Waals surface area contributed by atoms with Crippen LogP contribution >= 0.6 is 11.6 Å². The lowest BCUT2D eigenvalue weighted by molar-refractivity contribution is 0.448. The first-order valence-electron chi connectivity index (χ1n) is 6.63. The van der Waals surface area contributed by atoms with Gasteiger partial charge in [0.1, 0.15) is 5.76 Å². The van der Waals surface area contributed by atoms with Crippen molar-refractivity contribution in [2.24, 2.45) is 0 Å². The predicted octanol–water partition coefficient (Wildman–Crippen LogP) is 3.48. The topological polar surface area (TPSA) is 38.1 Å². The standard InChI is InChI=1S/C15H19ClN2O/c1-2-18-13(5-6-14-4-3-9-19-14)10-12-7-8-17-11-15(12)16/h3-4,7-9,11,13,18H,2,5-6,10H2,1H3. The molecule has 0 aromatic carbocycles. The third kappa shape index (κ3) is 4.37. The first-order valence-corrected chi connectivity index (χ1v) is 7.01. The molecule has 0 amide bonds. The average Bonchev–Trinajstić information content (AvgIpc) is 2.92. The van der Waals surface area contributed by atoms with Gasteiger partial charge in [0.2, 0.25) is 0 Å². The van der Waals surface area contributed by atoms with Crippen molar-refractivity contribution >= 4 is 11.6 Å². The van der Waals surface area contributed by atoms with Crippen LogP contribution in [-0.2, 0) is 12.8 Å². The van der Waals surface area contributed by atoms with E-state index in [1.807, 2.05) is 18.2 Å². The maximum atomic E-state index is 6.16. The number of aryl methyl sites for hydroxylation is 1. The molecule has 102 valence electrons. The number of nitrogens with one attached hydrogen (secondary N) is 1. The Morgan fingerprint density at radius 1 is 1.42 bits per heavy atom. The smallest absolute Gasteiger partial charge is 0.103 e. The summed E-state index contributed by atoms with van der Waals surface area (Å²) in [7, 11) is 0. The van der Waals surface area contributed by atoms with Crippen LogP contribution in [0.2, 0.25) is 5.02 Å². The molecule has 1 unspecified atom stereocenters. The van der Waals surface area contributed by atoms with Gasteiger partial charge in [0.25, 0.3) is 0 Å². The average molecular weight is 279 g/mol. The molecule has 0 aliphatic carbocycles. The van der Waals surface area contributed by atoms with Gasteiger partial charge in [-0.2, -0.15) is 0 Å². The van der Waals surface area contributed by atoms with Gasteiger partial charge >= 0.3 is 0 Å². The summed E-state index contributed by atoms with van der Waals surface area (Å²) >= 11 is 6.16. The largest absolute Gasteiger partial charge is 0.469 e. The van der Waals surface area contributed by atoms with E-state index in [2.05, 4.69) is 17.2 Å². The van der Waals surface area contributed by atoms with E-state index in [9.17, 15) is 0 Å². The zero-order valence-electron chi connectivity index (χ0n) is 11.1. The van der Waals surface area contributed by atoms with Gasteiger partial charge in [-0.25, -0.2) is 0 Å². The number of nitrogens with zero attached hydrogens (tertiary/aromatic N) is 1. The summed E-state index contributed by atoms with van der Waals surface area (Å²) in [6.07, 6.45) is 8.09. The molecule has 2 aromatic heterocycles. The van der Waals surface area contributed by atoms with E-state index in [1.165, 1.54) is 0 Å². The van der Waals surface area contributed by atoms with Gasteiger partial charge in [0, 0.05) is 24.9 Å². The van der Waals surface area contributed by atoms with Gasteiger partial charge in [0.05, 0.1) is 11.3 Å². The first kappa shape index (κ1) is 14.1. The van der Waals surface area contributed by atoms with Crippen LogP contribution in [0.3, 0.4) is 0 Å². The zero-order valence-corrected chi connectivity index (χ0v) is 11.9. The predicted molar refractivity (Wildman–Crippen MR) is 77.4 cm³/mol. The minimum Gasteiger partial charge on any atom is -0.469 e. The van der Waals surface area contributed by atoms with Crippen molar-refractivity contribution in [2.45, 2.75) is 32.2 Å². The molecule has 1 N–H and O–H groups in total. The number of hydrogen-bond acceptors (Lipinski definition) is 3. The fraction of sp³-hybridized carbons (Fsp3) is 0.400. The Kier molecular flexibility index (Phi) is 5.43. The van der Waals surface area contributed by atoms with E-state index >= 15 is 0 Å². The van der Waals surface area contributed by atoms with Crippen LogP contribution in [0.5, 0.6) is 0 Å². The Morgan fingerprint density at radius 2 is 2.32 bits per heavy atom. The highest BCUT2D eigenvalue weighted by molar-refractivity contribution is 6.31. The van der Waals surface area contributed by atoms with Crippen LogP contribution in [0, 0.1) is 0 Å². The molecule has 0 saturated heterocycles. The molecular weight excluding hydrogens is 260 g/mol. The van der Waals surface area contributed by atoms with Crippen molar-refractivity contribution in [3.05, 3.63) is 53.2 Å². The number of furan rings is 1. The van der Waals surface area contributed by atoms with Gasteiger partial charge in [-0.05, 0) is 43.1 Å². The van der Waals surface area contributed by atoms with E-state index in [4.69, 9.17) is 16.0 Å². The van der Waals surface area contributed by atoms with Crippen molar-refractivity contribution in [2.75, 3.05) is 6.54 Å². The van der Waals surface area contributed by atoms with Crippen LogP contribution in [0.4, 0.5) is 0 Å². The van der Waals surface area contributed by atoms with Gasteiger partial charge < -0.3 is 9.73 Å². The molecule has 0 saturated carbocycles. The van der Waals surface area contributed by atoms with Gasteiger partial charge in [-0.3, -0.25) is 4.98 Å². The SMILES string of the molecule is CCNC(CCc1ccco1)Cc1ccncc1Cl. The van der Waals surface area contributed by atoms with E-state index in [0.29, 0.717) is 6.04 Å². The summed E-state index contributed by atoms with van der Waals surface area (Å²) in [5.41, 5.74) is 1.14. The summed E-state index contributed by atoms with van der Waals surface area (Å²) < 4.78 is 5.37. The number of likely N-dealkylation sites (N-methyl/N-ethyl adjacent to an activating group) is 1. The fourth-order valence-electron chi connectivity index (χ4n) is 2.17. The Hall–Kier alpha value is -1.32. The Morgan fingerprint density at radius 3 is 3.00 bits per heavy atom. The first-order chi connectivity index (χ1) is 9.29. The number of rotatable bonds is 7. The molecule has 0 aliphatic rings. The van der Waals surface area contributed by atoms with Crippen LogP contribution in [0.25, 0.3) is 0 Å². The molecule has 2 heterocycles. The fourth-order valence-corrected chi connectivity index (χ4v) is 2.37. The molecule has 0 aliphatic heterocycles. The monoisotopic (exact) mass is 278 g/mol. The van der Waals surface area contributed by atoms with Crippen LogP contribution in [0.1, 0.15) is 24.7 Å². The molecule has 4 heteroatoms. The van der Waals surface area contributed by atoms with Crippen molar-refractivity contribution in [1.29, 1.82) is 0 Å². The summed E-state index contributed by atoms with van der Waals surface area (Å²) in [6.45, 7) is 3.07. The molecule has 3 nitrogen and oxygen atoms in total. The van der Waals surface area contributed by atoms with E-state index in [0.717, 1.165) is 42.2 Å².